The van der Waals surface area contributed by atoms with E-state index in [1.54, 1.807) is 0 Å². The summed E-state index contributed by atoms with van der Waals surface area (Å²) in [4.78, 5) is 23.5. The van der Waals surface area contributed by atoms with Gasteiger partial charge in [-0.15, -0.1) is 0 Å². The third-order valence-corrected chi connectivity index (χ3v) is 11.3. The highest BCUT2D eigenvalue weighted by atomic mass is 16.5. The van der Waals surface area contributed by atoms with Crippen LogP contribution in [0.25, 0.3) is 0 Å². The van der Waals surface area contributed by atoms with Gasteiger partial charge >= 0.3 is 11.9 Å². The average molecular weight is 785 g/mol. The van der Waals surface area contributed by atoms with Crippen molar-refractivity contribution in [2.45, 2.75) is 283 Å². The van der Waals surface area contributed by atoms with Gasteiger partial charge in [-0.3, -0.25) is 9.59 Å². The SMILES string of the molecule is CCCCCCC/C=C\C/C=C\CCCCCCCCCCCCCC(=O)OC(CCCCC/C=C\CCCCCCCCCC)CCCCCCCC(=O)O. The molecule has 0 spiro atoms. The molecule has 0 aliphatic heterocycles. The van der Waals surface area contributed by atoms with Crippen LogP contribution in [0.5, 0.6) is 0 Å². The van der Waals surface area contributed by atoms with Crippen LogP contribution in [0.15, 0.2) is 36.5 Å². The third-order valence-electron chi connectivity index (χ3n) is 11.3. The van der Waals surface area contributed by atoms with E-state index in [2.05, 4.69) is 50.3 Å². The van der Waals surface area contributed by atoms with Gasteiger partial charge in [0.25, 0.3) is 0 Å². The summed E-state index contributed by atoms with van der Waals surface area (Å²) in [6, 6.07) is 0. The minimum absolute atomic E-state index is 0.00354. The Balaban J connectivity index is 3.94. The molecule has 0 aromatic carbocycles. The minimum atomic E-state index is -0.700. The van der Waals surface area contributed by atoms with Crippen LogP contribution in [-0.2, 0) is 14.3 Å². The van der Waals surface area contributed by atoms with Crippen molar-refractivity contribution in [3.8, 4) is 0 Å². The fourth-order valence-corrected chi connectivity index (χ4v) is 7.62. The second kappa shape index (κ2) is 47.5. The van der Waals surface area contributed by atoms with Crippen LogP contribution in [0, 0.1) is 0 Å². The molecule has 1 N–H and O–H groups in total. The summed E-state index contributed by atoms with van der Waals surface area (Å²) in [5, 5.41) is 8.86. The van der Waals surface area contributed by atoms with Gasteiger partial charge in [-0.2, -0.15) is 0 Å². The van der Waals surface area contributed by atoms with E-state index in [4.69, 9.17) is 9.84 Å². The van der Waals surface area contributed by atoms with Crippen LogP contribution in [0.1, 0.15) is 277 Å². The summed E-state index contributed by atoms with van der Waals surface area (Å²) in [6.07, 6.45) is 63.4. The molecule has 0 aromatic rings. The number of allylic oxidation sites excluding steroid dienone is 6. The molecular formula is C52H96O4. The standard InChI is InChI=1S/C52H96O4/c1-3-5-7-9-11-13-15-17-19-20-21-22-23-24-25-26-28-30-32-34-36-41-45-49-52(55)56-50(47-43-39-37-40-44-48-51(53)54)46-42-38-35-33-31-29-27-18-16-14-12-10-8-6-4-2/h15,17,20-21,29,31,50H,3-14,16,18-19,22-28,30,32-49H2,1-2H3,(H,53,54)/b17-15-,21-20-,31-29-. The van der Waals surface area contributed by atoms with E-state index in [9.17, 15) is 9.59 Å². The summed E-state index contributed by atoms with van der Waals surface area (Å²) in [6.45, 7) is 4.56. The van der Waals surface area contributed by atoms with Gasteiger partial charge in [0.1, 0.15) is 6.10 Å². The number of aliphatic carboxylic acids is 1. The van der Waals surface area contributed by atoms with Gasteiger partial charge in [0.05, 0.1) is 0 Å². The van der Waals surface area contributed by atoms with E-state index in [1.807, 2.05) is 0 Å². The highest BCUT2D eigenvalue weighted by molar-refractivity contribution is 5.69. The van der Waals surface area contributed by atoms with E-state index in [1.165, 1.54) is 173 Å². The third kappa shape index (κ3) is 46.5. The lowest BCUT2D eigenvalue weighted by Gasteiger charge is -2.18. The molecule has 0 aliphatic rings. The molecule has 56 heavy (non-hydrogen) atoms. The molecule has 0 aromatic heterocycles. The van der Waals surface area contributed by atoms with Crippen molar-refractivity contribution in [3.05, 3.63) is 36.5 Å². The van der Waals surface area contributed by atoms with E-state index in [-0.39, 0.29) is 18.5 Å². The number of esters is 1. The van der Waals surface area contributed by atoms with Crippen molar-refractivity contribution in [1.29, 1.82) is 0 Å². The number of rotatable bonds is 46. The van der Waals surface area contributed by atoms with Gasteiger partial charge in [-0.25, -0.2) is 0 Å². The van der Waals surface area contributed by atoms with Crippen LogP contribution in [0.4, 0.5) is 0 Å². The Bertz CT molecular complexity index is 889. The zero-order chi connectivity index (χ0) is 40.7. The summed E-state index contributed by atoms with van der Waals surface area (Å²) in [5.41, 5.74) is 0. The molecule has 0 bridgehead atoms. The lowest BCUT2D eigenvalue weighted by atomic mass is 10.0. The molecule has 328 valence electrons. The van der Waals surface area contributed by atoms with E-state index >= 15 is 0 Å². The number of unbranched alkanes of at least 4 members (excludes halogenated alkanes) is 31. The van der Waals surface area contributed by atoms with Gasteiger partial charge in [0.15, 0.2) is 0 Å². The summed E-state index contributed by atoms with van der Waals surface area (Å²) >= 11 is 0. The van der Waals surface area contributed by atoms with Crippen molar-refractivity contribution in [2.24, 2.45) is 0 Å². The molecule has 0 saturated heterocycles. The summed E-state index contributed by atoms with van der Waals surface area (Å²) in [5.74, 6) is -0.704. The molecule has 0 radical (unpaired) electrons. The van der Waals surface area contributed by atoms with Gasteiger partial charge < -0.3 is 9.84 Å². The van der Waals surface area contributed by atoms with Crippen molar-refractivity contribution in [2.75, 3.05) is 0 Å². The molecular weight excluding hydrogens is 689 g/mol. The first kappa shape index (κ1) is 54.2. The number of carboxylic acids is 1. The second-order valence-electron chi connectivity index (χ2n) is 17.0. The van der Waals surface area contributed by atoms with Gasteiger partial charge in [-0.1, -0.05) is 204 Å². The highest BCUT2D eigenvalue weighted by Crippen LogP contribution is 2.19. The summed E-state index contributed by atoms with van der Waals surface area (Å²) in [7, 11) is 0. The fraction of sp³-hybridized carbons (Fsp3) is 0.846. The number of hydrogen-bond donors (Lipinski definition) is 1. The monoisotopic (exact) mass is 785 g/mol. The number of carbonyl (C=O) groups excluding carboxylic acids is 1. The van der Waals surface area contributed by atoms with Crippen molar-refractivity contribution in [3.63, 3.8) is 0 Å². The predicted octanol–water partition coefficient (Wildman–Crippen LogP) is 17.7. The number of ether oxygens (including phenoxy) is 1. The van der Waals surface area contributed by atoms with Gasteiger partial charge in [0, 0.05) is 12.8 Å². The molecule has 0 heterocycles. The Hall–Kier alpha value is -1.84. The van der Waals surface area contributed by atoms with E-state index in [0.717, 1.165) is 77.0 Å². The smallest absolute Gasteiger partial charge is 0.306 e. The van der Waals surface area contributed by atoms with E-state index in [0.29, 0.717) is 6.42 Å². The first-order valence-electron chi connectivity index (χ1n) is 25.0. The van der Waals surface area contributed by atoms with Crippen LogP contribution in [-0.4, -0.2) is 23.1 Å². The zero-order valence-electron chi connectivity index (χ0n) is 37.7. The topological polar surface area (TPSA) is 63.6 Å². The normalized spacial score (nSPS) is 12.5. The highest BCUT2D eigenvalue weighted by Gasteiger charge is 2.14. The molecule has 0 aliphatic carbocycles. The Morgan fingerprint density at radius 2 is 0.696 bits per heavy atom. The Kier molecular flexibility index (Phi) is 46.0. The maximum Gasteiger partial charge on any atom is 0.306 e. The molecule has 1 unspecified atom stereocenters. The second-order valence-corrected chi connectivity index (χ2v) is 17.0. The number of carboxylic acid groups (broad SMARTS) is 1. The molecule has 0 amide bonds. The van der Waals surface area contributed by atoms with Crippen LogP contribution in [0.2, 0.25) is 0 Å². The molecule has 0 rings (SSSR count). The van der Waals surface area contributed by atoms with Crippen molar-refractivity contribution < 1.29 is 19.4 Å². The maximum absolute atomic E-state index is 12.8. The van der Waals surface area contributed by atoms with E-state index < -0.39 is 5.97 Å². The van der Waals surface area contributed by atoms with Crippen LogP contribution < -0.4 is 0 Å². The lowest BCUT2D eigenvalue weighted by molar-refractivity contribution is -0.150. The Morgan fingerprint density at radius 3 is 1.09 bits per heavy atom. The van der Waals surface area contributed by atoms with Crippen molar-refractivity contribution in [1.82, 2.24) is 0 Å². The van der Waals surface area contributed by atoms with Crippen molar-refractivity contribution >= 4 is 11.9 Å². The largest absolute Gasteiger partial charge is 0.481 e. The average Bonchev–Trinajstić information content (AvgIpc) is 3.19. The first-order chi connectivity index (χ1) is 27.6. The van der Waals surface area contributed by atoms with Gasteiger partial charge in [-0.05, 0) is 96.3 Å². The molecule has 4 heteroatoms. The zero-order valence-corrected chi connectivity index (χ0v) is 37.7. The molecule has 0 fully saturated rings. The number of carbonyl (C=O) groups is 2. The molecule has 0 saturated carbocycles. The minimum Gasteiger partial charge on any atom is -0.481 e. The first-order valence-corrected chi connectivity index (χ1v) is 25.0. The number of hydrogen-bond acceptors (Lipinski definition) is 3. The van der Waals surface area contributed by atoms with Crippen LogP contribution in [0.3, 0.4) is 0 Å². The molecule has 1 atom stereocenters. The quantitative estimate of drug-likeness (QED) is 0.0379. The predicted molar refractivity (Wildman–Crippen MR) is 246 cm³/mol. The summed E-state index contributed by atoms with van der Waals surface area (Å²) < 4.78 is 6.04. The Morgan fingerprint density at radius 1 is 0.393 bits per heavy atom. The van der Waals surface area contributed by atoms with Gasteiger partial charge in [0.2, 0.25) is 0 Å². The fourth-order valence-electron chi connectivity index (χ4n) is 7.62. The Labute approximate surface area is 350 Å². The van der Waals surface area contributed by atoms with Crippen LogP contribution >= 0.6 is 0 Å². The maximum atomic E-state index is 12.8. The lowest BCUT2D eigenvalue weighted by Crippen LogP contribution is -2.18. The molecule has 4 nitrogen and oxygen atoms in total.